The van der Waals surface area contributed by atoms with Gasteiger partial charge in [0.15, 0.2) is 0 Å². The second-order valence-corrected chi connectivity index (χ2v) is 6.00. The van der Waals surface area contributed by atoms with Crippen molar-refractivity contribution in [3.63, 3.8) is 0 Å². The van der Waals surface area contributed by atoms with E-state index in [0.29, 0.717) is 6.04 Å². The number of aromatic nitrogens is 1. The minimum absolute atomic E-state index is 0.384. The molecular weight excluding hydrogens is 260 g/mol. The van der Waals surface area contributed by atoms with E-state index in [4.69, 9.17) is 4.98 Å². The Morgan fingerprint density at radius 1 is 1.19 bits per heavy atom. The monoisotopic (exact) mass is 290 g/mol. The van der Waals surface area contributed by atoms with E-state index in [1.54, 1.807) is 0 Å². The summed E-state index contributed by atoms with van der Waals surface area (Å²) in [6.07, 6.45) is 5.53. The molecule has 1 saturated heterocycles. The van der Waals surface area contributed by atoms with Gasteiger partial charge in [-0.2, -0.15) is 0 Å². The third-order valence-electron chi connectivity index (χ3n) is 4.26. The Morgan fingerprint density at radius 3 is 2.71 bits per heavy atom. The van der Waals surface area contributed by atoms with Gasteiger partial charge in [0.05, 0.1) is 17.6 Å². The molecule has 1 aliphatic heterocycles. The van der Waals surface area contributed by atoms with E-state index >= 15 is 0 Å². The summed E-state index contributed by atoms with van der Waals surface area (Å²) in [6, 6.07) is 4.82. The molecule has 0 saturated carbocycles. The third kappa shape index (κ3) is 4.68. The first-order valence-electron chi connectivity index (χ1n) is 8.37. The van der Waals surface area contributed by atoms with Gasteiger partial charge in [-0.25, -0.2) is 0 Å². The molecule has 1 unspecified atom stereocenters. The Kier molecular flexibility index (Phi) is 6.46. The van der Waals surface area contributed by atoms with Crippen molar-refractivity contribution >= 4 is 5.69 Å². The summed E-state index contributed by atoms with van der Waals surface area (Å²) >= 11 is 0. The molecule has 0 bridgehead atoms. The topological polar surface area (TPSA) is 31.4 Å². The lowest BCUT2D eigenvalue weighted by Gasteiger charge is -2.23. The highest BCUT2D eigenvalue weighted by Crippen LogP contribution is 2.19. The van der Waals surface area contributed by atoms with Crippen LogP contribution in [0.5, 0.6) is 0 Å². The normalized spacial score (nSPS) is 18.5. The SMILES string of the molecule is CCCNC(CC)c1ccc(N2CCCN(C)CC2)cn1. The van der Waals surface area contributed by atoms with E-state index in [1.165, 1.54) is 24.3 Å². The summed E-state index contributed by atoms with van der Waals surface area (Å²) in [6.45, 7) is 10.0. The molecule has 1 aliphatic rings. The largest absolute Gasteiger partial charge is 0.369 e. The van der Waals surface area contributed by atoms with Crippen molar-refractivity contribution in [3.8, 4) is 0 Å². The van der Waals surface area contributed by atoms with E-state index in [9.17, 15) is 0 Å². The molecule has 0 spiro atoms. The highest BCUT2D eigenvalue weighted by Gasteiger charge is 2.14. The Morgan fingerprint density at radius 2 is 2.05 bits per heavy atom. The zero-order valence-electron chi connectivity index (χ0n) is 13.8. The van der Waals surface area contributed by atoms with Crippen molar-refractivity contribution in [3.05, 3.63) is 24.0 Å². The number of hydrogen-bond donors (Lipinski definition) is 1. The van der Waals surface area contributed by atoms with Crippen LogP contribution >= 0.6 is 0 Å². The molecule has 1 N–H and O–H groups in total. The van der Waals surface area contributed by atoms with Crippen LogP contribution in [-0.4, -0.2) is 49.7 Å². The molecule has 118 valence electrons. The van der Waals surface area contributed by atoms with Crippen LogP contribution in [0.3, 0.4) is 0 Å². The van der Waals surface area contributed by atoms with Crippen LogP contribution < -0.4 is 10.2 Å². The third-order valence-corrected chi connectivity index (χ3v) is 4.26. The summed E-state index contributed by atoms with van der Waals surface area (Å²) in [4.78, 5) is 9.58. The van der Waals surface area contributed by atoms with Gasteiger partial charge in [0, 0.05) is 25.7 Å². The second kappa shape index (κ2) is 8.35. The van der Waals surface area contributed by atoms with Gasteiger partial charge in [0.25, 0.3) is 0 Å². The van der Waals surface area contributed by atoms with Gasteiger partial charge in [-0.3, -0.25) is 4.98 Å². The van der Waals surface area contributed by atoms with Crippen LogP contribution in [-0.2, 0) is 0 Å². The standard InChI is InChI=1S/C17H30N4/c1-4-9-18-16(5-2)17-8-7-15(14-19-17)21-11-6-10-20(3)12-13-21/h7-8,14,16,18H,4-6,9-13H2,1-3H3. The van der Waals surface area contributed by atoms with Crippen LogP contribution in [0.2, 0.25) is 0 Å². The first-order valence-corrected chi connectivity index (χ1v) is 8.37. The van der Waals surface area contributed by atoms with E-state index in [1.807, 2.05) is 0 Å². The predicted molar refractivity (Wildman–Crippen MR) is 89.9 cm³/mol. The van der Waals surface area contributed by atoms with Gasteiger partial charge in [-0.15, -0.1) is 0 Å². The fourth-order valence-corrected chi connectivity index (χ4v) is 2.87. The maximum atomic E-state index is 4.71. The molecule has 0 aliphatic carbocycles. The average Bonchev–Trinajstić information content (AvgIpc) is 2.73. The molecule has 0 radical (unpaired) electrons. The molecule has 2 rings (SSSR count). The van der Waals surface area contributed by atoms with Crippen molar-refractivity contribution in [1.29, 1.82) is 0 Å². The summed E-state index contributed by atoms with van der Waals surface area (Å²) in [5, 5.41) is 3.57. The predicted octanol–water partition coefficient (Wildman–Crippen LogP) is 2.67. The first-order chi connectivity index (χ1) is 10.2. The Hall–Kier alpha value is -1.13. The maximum Gasteiger partial charge on any atom is 0.0574 e. The van der Waals surface area contributed by atoms with Crippen molar-refractivity contribution < 1.29 is 0 Å². The van der Waals surface area contributed by atoms with Gasteiger partial charge in [-0.1, -0.05) is 13.8 Å². The van der Waals surface area contributed by atoms with Crippen LogP contribution in [0.4, 0.5) is 5.69 Å². The van der Waals surface area contributed by atoms with Gasteiger partial charge in [0.1, 0.15) is 0 Å². The minimum atomic E-state index is 0.384. The minimum Gasteiger partial charge on any atom is -0.369 e. The molecule has 2 heterocycles. The number of rotatable bonds is 6. The van der Waals surface area contributed by atoms with Crippen molar-refractivity contribution in [2.45, 2.75) is 39.2 Å². The maximum absolute atomic E-state index is 4.71. The highest BCUT2D eigenvalue weighted by atomic mass is 15.2. The van der Waals surface area contributed by atoms with Crippen molar-refractivity contribution in [2.24, 2.45) is 0 Å². The molecule has 0 amide bonds. The fourth-order valence-electron chi connectivity index (χ4n) is 2.87. The lowest BCUT2D eigenvalue weighted by molar-refractivity contribution is 0.360. The fraction of sp³-hybridized carbons (Fsp3) is 0.706. The number of likely N-dealkylation sites (N-methyl/N-ethyl adjacent to an activating group) is 1. The van der Waals surface area contributed by atoms with Gasteiger partial charge >= 0.3 is 0 Å². The molecule has 21 heavy (non-hydrogen) atoms. The molecular formula is C17H30N4. The molecule has 4 heteroatoms. The zero-order valence-corrected chi connectivity index (χ0v) is 13.8. The number of pyridine rings is 1. The van der Waals surface area contributed by atoms with E-state index in [2.05, 4.69) is 54.3 Å². The molecule has 1 aromatic heterocycles. The van der Waals surface area contributed by atoms with E-state index in [-0.39, 0.29) is 0 Å². The van der Waals surface area contributed by atoms with Gasteiger partial charge in [-0.05, 0) is 51.5 Å². The molecule has 1 atom stereocenters. The Balaban J connectivity index is 2.00. The smallest absolute Gasteiger partial charge is 0.0574 e. The van der Waals surface area contributed by atoms with Gasteiger partial charge < -0.3 is 15.1 Å². The van der Waals surface area contributed by atoms with Crippen LogP contribution in [0.25, 0.3) is 0 Å². The molecule has 1 aromatic rings. The molecule has 4 nitrogen and oxygen atoms in total. The second-order valence-electron chi connectivity index (χ2n) is 6.00. The van der Waals surface area contributed by atoms with Crippen LogP contribution in [0.15, 0.2) is 18.3 Å². The van der Waals surface area contributed by atoms with E-state index < -0.39 is 0 Å². The quantitative estimate of drug-likeness (QED) is 0.873. The summed E-state index contributed by atoms with van der Waals surface area (Å²) < 4.78 is 0. The highest BCUT2D eigenvalue weighted by molar-refractivity contribution is 5.45. The number of hydrogen-bond acceptors (Lipinski definition) is 4. The summed E-state index contributed by atoms with van der Waals surface area (Å²) in [5.74, 6) is 0. The number of nitrogens with zero attached hydrogens (tertiary/aromatic N) is 3. The van der Waals surface area contributed by atoms with Crippen LogP contribution in [0.1, 0.15) is 44.8 Å². The average molecular weight is 290 g/mol. The summed E-state index contributed by atoms with van der Waals surface area (Å²) in [5.41, 5.74) is 2.43. The molecule has 1 fully saturated rings. The van der Waals surface area contributed by atoms with Crippen LogP contribution in [0, 0.1) is 0 Å². The van der Waals surface area contributed by atoms with Crippen molar-refractivity contribution in [1.82, 2.24) is 15.2 Å². The van der Waals surface area contributed by atoms with Gasteiger partial charge in [0.2, 0.25) is 0 Å². The number of nitrogens with one attached hydrogen (secondary N) is 1. The first kappa shape index (κ1) is 16.2. The van der Waals surface area contributed by atoms with E-state index in [0.717, 1.165) is 39.0 Å². The lowest BCUT2D eigenvalue weighted by atomic mass is 10.1. The Bertz CT molecular complexity index is 404. The Labute approximate surface area is 129 Å². The van der Waals surface area contributed by atoms with Crippen molar-refractivity contribution in [2.75, 3.05) is 44.7 Å². The molecule has 0 aromatic carbocycles. The zero-order chi connectivity index (χ0) is 15.1. The summed E-state index contributed by atoms with van der Waals surface area (Å²) in [7, 11) is 2.20. The number of anilines is 1. The lowest BCUT2D eigenvalue weighted by Crippen LogP contribution is -2.29.